The van der Waals surface area contributed by atoms with Gasteiger partial charge in [0, 0.05) is 15.1 Å². The van der Waals surface area contributed by atoms with E-state index in [9.17, 15) is 14.4 Å². The zero-order chi connectivity index (χ0) is 31.4. The Morgan fingerprint density at radius 2 is 1.73 bits per heavy atom. The highest BCUT2D eigenvalue weighted by Crippen LogP contribution is 2.34. The van der Waals surface area contributed by atoms with Gasteiger partial charge in [-0.05, 0) is 74.4 Å². The number of halogens is 2. The smallest absolute Gasteiger partial charge is 0.338 e. The van der Waals surface area contributed by atoms with Crippen molar-refractivity contribution in [2.75, 3.05) is 13.2 Å². The first kappa shape index (κ1) is 31.4. The number of rotatable bonds is 9. The van der Waals surface area contributed by atoms with Gasteiger partial charge < -0.3 is 14.2 Å². The van der Waals surface area contributed by atoms with Crippen molar-refractivity contribution in [1.82, 2.24) is 4.57 Å². The number of hydrogen-bond acceptors (Lipinski definition) is 8. The monoisotopic (exact) mass is 694 g/mol. The van der Waals surface area contributed by atoms with E-state index >= 15 is 0 Å². The topological polar surface area (TPSA) is 96.2 Å². The molecule has 0 saturated carbocycles. The summed E-state index contributed by atoms with van der Waals surface area (Å²) in [5, 5.41) is 0.418. The quantitative estimate of drug-likeness (QED) is 0.200. The second kappa shape index (κ2) is 13.8. The molecule has 0 bridgehead atoms. The zero-order valence-electron chi connectivity index (χ0n) is 24.1. The normalized spacial score (nSPS) is 14.6. The number of carbonyl (C=O) groups excluding carboxylic acids is 2. The summed E-state index contributed by atoms with van der Waals surface area (Å²) < 4.78 is 19.3. The molecule has 4 aromatic rings. The standard InChI is InChI=1S/C33H28BrClN2O6S/c1-4-41-31(39)21-12-10-20(11-13-21)18-43-26-15-14-23(34)16-22(26)17-27-30(38)37-29(24-8-6-7-9-25(24)35)28(32(40)42-5-2)19(3)36-33(37)44-27/h6-17,29H,4-5,18H2,1-3H3/b27-17-/t29-/m0/s1. The number of nitrogens with zero attached hydrogens (tertiary/aromatic N) is 2. The fourth-order valence-corrected chi connectivity index (χ4v) is 6.46. The molecule has 226 valence electrons. The Morgan fingerprint density at radius 3 is 2.43 bits per heavy atom. The van der Waals surface area contributed by atoms with Gasteiger partial charge in [0.1, 0.15) is 18.4 Å². The van der Waals surface area contributed by atoms with E-state index in [1.54, 1.807) is 69.3 Å². The number of ether oxygens (including phenoxy) is 3. The molecule has 44 heavy (non-hydrogen) atoms. The SMILES string of the molecule is CCOC(=O)C1=C(C)N=c2s/c(=C\c3cc(Br)ccc3OCc3ccc(C(=O)OCC)cc3)c(=O)n2[C@H]1c1ccccc1Cl. The molecule has 0 fully saturated rings. The van der Waals surface area contributed by atoms with Crippen molar-refractivity contribution in [3.63, 3.8) is 0 Å². The van der Waals surface area contributed by atoms with E-state index in [0.29, 0.717) is 49.1 Å². The molecule has 0 saturated heterocycles. The van der Waals surface area contributed by atoms with Crippen LogP contribution < -0.4 is 19.6 Å². The molecule has 3 aromatic carbocycles. The van der Waals surface area contributed by atoms with Crippen molar-refractivity contribution in [3.05, 3.63) is 129 Å². The summed E-state index contributed by atoms with van der Waals surface area (Å²) in [4.78, 5) is 44.2. The number of allylic oxidation sites excluding steroid dienone is 1. The minimum Gasteiger partial charge on any atom is -0.488 e. The number of hydrogen-bond donors (Lipinski definition) is 0. The van der Waals surface area contributed by atoms with Gasteiger partial charge in [0.25, 0.3) is 5.56 Å². The van der Waals surface area contributed by atoms with Crippen LogP contribution in [0.1, 0.15) is 53.9 Å². The fraction of sp³-hybridized carbons (Fsp3) is 0.212. The Morgan fingerprint density at radius 1 is 1.02 bits per heavy atom. The van der Waals surface area contributed by atoms with E-state index < -0.39 is 12.0 Å². The van der Waals surface area contributed by atoms with E-state index in [0.717, 1.165) is 10.0 Å². The van der Waals surface area contributed by atoms with Crippen LogP contribution in [-0.2, 0) is 20.9 Å². The molecular weight excluding hydrogens is 668 g/mol. The molecule has 2 heterocycles. The summed E-state index contributed by atoms with van der Waals surface area (Å²) in [6.07, 6.45) is 1.75. The molecule has 1 aromatic heterocycles. The van der Waals surface area contributed by atoms with Crippen LogP contribution in [0.15, 0.2) is 92.3 Å². The predicted octanol–water partition coefficient (Wildman–Crippen LogP) is 5.97. The van der Waals surface area contributed by atoms with Crippen molar-refractivity contribution in [2.24, 2.45) is 4.99 Å². The molecule has 0 unspecified atom stereocenters. The van der Waals surface area contributed by atoms with E-state index in [4.69, 9.17) is 25.8 Å². The minimum absolute atomic E-state index is 0.177. The molecule has 0 aliphatic carbocycles. The van der Waals surface area contributed by atoms with Gasteiger partial charge in [-0.1, -0.05) is 69.2 Å². The third-order valence-corrected chi connectivity index (χ3v) is 8.66. The second-order valence-corrected chi connectivity index (χ2v) is 12.0. The minimum atomic E-state index is -0.808. The predicted molar refractivity (Wildman–Crippen MR) is 173 cm³/mol. The van der Waals surface area contributed by atoms with E-state index in [1.807, 2.05) is 24.3 Å². The van der Waals surface area contributed by atoms with Crippen molar-refractivity contribution in [3.8, 4) is 5.75 Å². The Bertz CT molecular complexity index is 1950. The van der Waals surface area contributed by atoms with E-state index in [1.165, 1.54) is 15.9 Å². The lowest BCUT2D eigenvalue weighted by Gasteiger charge is -2.25. The fourth-order valence-electron chi connectivity index (χ4n) is 4.80. The number of esters is 2. The lowest BCUT2D eigenvalue weighted by Crippen LogP contribution is -2.40. The van der Waals surface area contributed by atoms with Crippen molar-refractivity contribution < 1.29 is 23.8 Å². The number of thiazole rings is 1. The maximum Gasteiger partial charge on any atom is 0.338 e. The third-order valence-electron chi connectivity index (χ3n) is 6.83. The molecule has 8 nitrogen and oxygen atoms in total. The van der Waals surface area contributed by atoms with Crippen LogP contribution in [0.2, 0.25) is 5.02 Å². The first-order valence-electron chi connectivity index (χ1n) is 13.8. The highest BCUT2D eigenvalue weighted by atomic mass is 79.9. The summed E-state index contributed by atoms with van der Waals surface area (Å²) in [5.41, 5.74) is 2.98. The first-order chi connectivity index (χ1) is 21.2. The number of fused-ring (bicyclic) bond motifs is 1. The molecule has 0 amide bonds. The van der Waals surface area contributed by atoms with Crippen LogP contribution in [0.25, 0.3) is 6.08 Å². The molecule has 1 atom stereocenters. The lowest BCUT2D eigenvalue weighted by atomic mass is 9.96. The lowest BCUT2D eigenvalue weighted by molar-refractivity contribution is -0.139. The highest BCUT2D eigenvalue weighted by Gasteiger charge is 2.34. The third kappa shape index (κ3) is 6.57. The summed E-state index contributed by atoms with van der Waals surface area (Å²) in [6.45, 7) is 5.94. The van der Waals surface area contributed by atoms with Crippen LogP contribution in [0.4, 0.5) is 0 Å². The molecule has 11 heteroatoms. The average Bonchev–Trinajstić information content (AvgIpc) is 3.30. The maximum absolute atomic E-state index is 14.0. The summed E-state index contributed by atoms with van der Waals surface area (Å²) in [7, 11) is 0. The molecule has 0 N–H and O–H groups in total. The summed E-state index contributed by atoms with van der Waals surface area (Å²) in [5.74, 6) is -0.372. The van der Waals surface area contributed by atoms with Gasteiger partial charge in [0.05, 0.1) is 34.6 Å². The molecular formula is C33H28BrClN2O6S. The average molecular weight is 696 g/mol. The number of carbonyl (C=O) groups is 2. The maximum atomic E-state index is 14.0. The van der Waals surface area contributed by atoms with Gasteiger partial charge in [-0.3, -0.25) is 9.36 Å². The van der Waals surface area contributed by atoms with E-state index in [2.05, 4.69) is 20.9 Å². The van der Waals surface area contributed by atoms with Crippen LogP contribution in [-0.4, -0.2) is 29.7 Å². The molecule has 1 aliphatic rings. The van der Waals surface area contributed by atoms with Crippen molar-refractivity contribution in [2.45, 2.75) is 33.4 Å². The molecule has 0 spiro atoms. The Labute approximate surface area is 271 Å². The Balaban J connectivity index is 1.54. The number of benzene rings is 3. The Hall–Kier alpha value is -3.99. The summed E-state index contributed by atoms with van der Waals surface area (Å²) in [6, 6.07) is 18.8. The van der Waals surface area contributed by atoms with Crippen LogP contribution in [0.5, 0.6) is 5.75 Å². The van der Waals surface area contributed by atoms with Crippen LogP contribution >= 0.6 is 38.9 Å². The van der Waals surface area contributed by atoms with E-state index in [-0.39, 0.29) is 30.3 Å². The molecule has 0 radical (unpaired) electrons. The largest absolute Gasteiger partial charge is 0.488 e. The zero-order valence-corrected chi connectivity index (χ0v) is 27.3. The highest BCUT2D eigenvalue weighted by molar-refractivity contribution is 9.10. The van der Waals surface area contributed by atoms with Gasteiger partial charge in [-0.25, -0.2) is 14.6 Å². The van der Waals surface area contributed by atoms with Gasteiger partial charge in [-0.2, -0.15) is 0 Å². The molecule has 5 rings (SSSR count). The van der Waals surface area contributed by atoms with Gasteiger partial charge >= 0.3 is 11.9 Å². The van der Waals surface area contributed by atoms with Crippen LogP contribution in [0, 0.1) is 0 Å². The Kier molecular flexibility index (Phi) is 9.83. The van der Waals surface area contributed by atoms with Gasteiger partial charge in [0.2, 0.25) is 0 Å². The van der Waals surface area contributed by atoms with Crippen LogP contribution in [0.3, 0.4) is 0 Å². The second-order valence-electron chi connectivity index (χ2n) is 9.71. The van der Waals surface area contributed by atoms with Crippen molar-refractivity contribution >= 4 is 56.9 Å². The van der Waals surface area contributed by atoms with Crippen molar-refractivity contribution in [1.29, 1.82) is 0 Å². The van der Waals surface area contributed by atoms with Gasteiger partial charge in [0.15, 0.2) is 4.80 Å². The number of aromatic nitrogens is 1. The van der Waals surface area contributed by atoms with Gasteiger partial charge in [-0.15, -0.1) is 0 Å². The summed E-state index contributed by atoms with van der Waals surface area (Å²) >= 11 is 11.3. The molecule has 1 aliphatic heterocycles. The first-order valence-corrected chi connectivity index (χ1v) is 15.8.